The maximum absolute atomic E-state index is 12.5. The van der Waals surface area contributed by atoms with Crippen molar-refractivity contribution in [3.8, 4) is 0 Å². The highest BCUT2D eigenvalue weighted by atomic mass is 35.5. The molecule has 0 spiro atoms. The van der Waals surface area contributed by atoms with E-state index in [0.717, 1.165) is 16.9 Å². The predicted molar refractivity (Wildman–Crippen MR) is 104 cm³/mol. The van der Waals surface area contributed by atoms with Gasteiger partial charge in [-0.2, -0.15) is 10.2 Å². The number of halogens is 1. The fraction of sp³-hybridized carbons (Fsp3) is 0.263. The number of carbonyl (C=O) groups excluding carboxylic acids is 2. The molecular formula is C19H18ClN5O2. The van der Waals surface area contributed by atoms with Crippen molar-refractivity contribution in [2.45, 2.75) is 6.54 Å². The Bertz CT molecular complexity index is 905. The second kappa shape index (κ2) is 7.36. The number of fused-ring (bicyclic) bond motifs is 1. The highest BCUT2D eigenvalue weighted by Gasteiger charge is 2.26. The maximum atomic E-state index is 12.5. The Kier molecular flexibility index (Phi) is 4.77. The maximum Gasteiger partial charge on any atom is 0.313 e. The van der Waals surface area contributed by atoms with Crippen molar-refractivity contribution in [1.29, 1.82) is 0 Å². The van der Waals surface area contributed by atoms with E-state index < -0.39 is 11.8 Å². The van der Waals surface area contributed by atoms with E-state index >= 15 is 0 Å². The number of anilines is 2. The van der Waals surface area contributed by atoms with Gasteiger partial charge in [0.05, 0.1) is 12.2 Å². The van der Waals surface area contributed by atoms with Crippen LogP contribution in [-0.2, 0) is 16.1 Å². The van der Waals surface area contributed by atoms with Crippen LogP contribution >= 0.6 is 11.6 Å². The van der Waals surface area contributed by atoms with Gasteiger partial charge in [0.1, 0.15) is 0 Å². The number of amides is 2. The molecule has 1 saturated heterocycles. The van der Waals surface area contributed by atoms with Gasteiger partial charge < -0.3 is 15.1 Å². The first-order valence-corrected chi connectivity index (χ1v) is 9.09. The van der Waals surface area contributed by atoms with Crippen molar-refractivity contribution < 1.29 is 9.59 Å². The van der Waals surface area contributed by atoms with E-state index in [1.54, 1.807) is 17.0 Å². The monoisotopic (exact) mass is 383 g/mol. The number of hydrogen-bond donors (Lipinski definition) is 1. The van der Waals surface area contributed by atoms with Crippen molar-refractivity contribution in [3.63, 3.8) is 0 Å². The molecule has 2 heterocycles. The van der Waals surface area contributed by atoms with E-state index in [1.807, 2.05) is 30.3 Å². The molecular weight excluding hydrogens is 366 g/mol. The van der Waals surface area contributed by atoms with Crippen molar-refractivity contribution in [2.24, 2.45) is 10.2 Å². The van der Waals surface area contributed by atoms with Crippen LogP contribution in [0.25, 0.3) is 0 Å². The van der Waals surface area contributed by atoms with Crippen LogP contribution in [0.4, 0.5) is 17.1 Å². The topological polar surface area (TPSA) is 77.4 Å². The van der Waals surface area contributed by atoms with Crippen molar-refractivity contribution in [1.82, 2.24) is 4.90 Å². The Morgan fingerprint density at radius 3 is 2.48 bits per heavy atom. The van der Waals surface area contributed by atoms with Crippen molar-refractivity contribution >= 4 is 40.5 Å². The first-order valence-electron chi connectivity index (χ1n) is 8.71. The normalized spacial score (nSPS) is 15.6. The number of hydrogen-bond acceptors (Lipinski definition) is 5. The van der Waals surface area contributed by atoms with Crippen LogP contribution in [0.1, 0.15) is 5.56 Å². The molecule has 4 rings (SSSR count). The molecule has 7 nitrogen and oxygen atoms in total. The molecule has 8 heteroatoms. The number of azo groups is 1. The molecule has 0 radical (unpaired) electrons. The van der Waals surface area contributed by atoms with E-state index in [4.69, 9.17) is 11.6 Å². The summed E-state index contributed by atoms with van der Waals surface area (Å²) in [4.78, 5) is 28.5. The first kappa shape index (κ1) is 17.5. The molecule has 0 bridgehead atoms. The number of nitrogens with one attached hydrogen (secondary N) is 1. The summed E-state index contributed by atoms with van der Waals surface area (Å²) in [6.07, 6.45) is 0. The molecule has 0 atom stereocenters. The Labute approximate surface area is 161 Å². The molecule has 2 aromatic carbocycles. The molecule has 2 aromatic rings. The number of benzene rings is 2. The third-order valence-electron chi connectivity index (χ3n) is 4.72. The zero-order chi connectivity index (χ0) is 18.8. The third-order valence-corrected chi connectivity index (χ3v) is 4.97. The molecule has 2 amide bonds. The lowest BCUT2D eigenvalue weighted by molar-refractivity contribution is -0.143. The van der Waals surface area contributed by atoms with E-state index in [9.17, 15) is 9.59 Å². The Morgan fingerprint density at radius 2 is 1.74 bits per heavy atom. The zero-order valence-electron chi connectivity index (χ0n) is 14.6. The fourth-order valence-corrected chi connectivity index (χ4v) is 3.33. The molecule has 0 aromatic heterocycles. The summed E-state index contributed by atoms with van der Waals surface area (Å²) in [6.45, 7) is 2.88. The quantitative estimate of drug-likeness (QED) is 0.809. The van der Waals surface area contributed by atoms with Gasteiger partial charge in [-0.3, -0.25) is 9.59 Å². The van der Waals surface area contributed by atoms with Crippen LogP contribution in [0, 0.1) is 0 Å². The number of piperazine rings is 1. The lowest BCUT2D eigenvalue weighted by Gasteiger charge is -2.35. The van der Waals surface area contributed by atoms with E-state index in [1.165, 1.54) is 0 Å². The van der Waals surface area contributed by atoms with E-state index in [-0.39, 0.29) is 0 Å². The largest absolute Gasteiger partial charge is 0.368 e. The minimum atomic E-state index is -0.634. The molecule has 0 saturated carbocycles. The fourth-order valence-electron chi connectivity index (χ4n) is 3.20. The summed E-state index contributed by atoms with van der Waals surface area (Å²) in [5, 5.41) is 11.3. The molecule has 1 fully saturated rings. The van der Waals surface area contributed by atoms with Gasteiger partial charge in [-0.05, 0) is 36.4 Å². The van der Waals surface area contributed by atoms with Gasteiger partial charge in [-0.15, -0.1) is 0 Å². The van der Waals surface area contributed by atoms with Crippen LogP contribution in [0.2, 0.25) is 5.02 Å². The summed E-state index contributed by atoms with van der Waals surface area (Å²) >= 11 is 5.92. The van der Waals surface area contributed by atoms with Crippen LogP contribution in [-0.4, -0.2) is 42.9 Å². The van der Waals surface area contributed by atoms with Gasteiger partial charge >= 0.3 is 11.8 Å². The molecule has 138 valence electrons. The van der Waals surface area contributed by atoms with Crippen LogP contribution in [0.15, 0.2) is 52.7 Å². The van der Waals surface area contributed by atoms with Gasteiger partial charge in [-0.1, -0.05) is 17.7 Å². The zero-order valence-corrected chi connectivity index (χ0v) is 15.3. The Hall–Kier alpha value is -2.93. The van der Waals surface area contributed by atoms with Crippen LogP contribution < -0.4 is 10.2 Å². The minimum Gasteiger partial charge on any atom is -0.368 e. The van der Waals surface area contributed by atoms with Gasteiger partial charge in [0.15, 0.2) is 0 Å². The number of nitrogens with zero attached hydrogens (tertiary/aromatic N) is 4. The molecule has 0 aliphatic carbocycles. The summed E-state index contributed by atoms with van der Waals surface area (Å²) in [5.41, 5.74) is 3.35. The molecule has 2 aliphatic heterocycles. The number of rotatable bonds is 2. The Balaban J connectivity index is 1.34. The van der Waals surface area contributed by atoms with Gasteiger partial charge in [0.2, 0.25) is 0 Å². The second-order valence-electron chi connectivity index (χ2n) is 6.45. The van der Waals surface area contributed by atoms with Crippen molar-refractivity contribution in [3.05, 3.63) is 53.1 Å². The second-order valence-corrected chi connectivity index (χ2v) is 6.89. The highest BCUT2D eigenvalue weighted by Crippen LogP contribution is 2.29. The van der Waals surface area contributed by atoms with E-state index in [2.05, 4.69) is 20.4 Å². The Morgan fingerprint density at radius 1 is 1.00 bits per heavy atom. The summed E-state index contributed by atoms with van der Waals surface area (Å²) < 4.78 is 0. The lowest BCUT2D eigenvalue weighted by atomic mass is 10.1. The summed E-state index contributed by atoms with van der Waals surface area (Å²) in [5.74, 6) is -1.15. The van der Waals surface area contributed by atoms with Gasteiger partial charge in [-0.25, -0.2) is 0 Å². The van der Waals surface area contributed by atoms with E-state index in [0.29, 0.717) is 43.4 Å². The highest BCUT2D eigenvalue weighted by molar-refractivity contribution is 6.39. The average Bonchev–Trinajstić information content (AvgIpc) is 3.16. The minimum absolute atomic E-state index is 0.493. The average molecular weight is 384 g/mol. The molecule has 1 N–H and O–H groups in total. The van der Waals surface area contributed by atoms with Crippen LogP contribution in [0.5, 0.6) is 0 Å². The molecule has 27 heavy (non-hydrogen) atoms. The lowest BCUT2D eigenvalue weighted by Crippen LogP contribution is -2.51. The van der Waals surface area contributed by atoms with Gasteiger partial charge in [0.25, 0.3) is 0 Å². The number of carbonyl (C=O) groups is 2. The van der Waals surface area contributed by atoms with Crippen LogP contribution in [0.3, 0.4) is 0 Å². The summed E-state index contributed by atoms with van der Waals surface area (Å²) in [6, 6.07) is 13.0. The molecule has 2 aliphatic rings. The third kappa shape index (κ3) is 3.78. The predicted octanol–water partition coefficient (Wildman–Crippen LogP) is 3.22. The standard InChI is InChI=1S/C19H18ClN5O2/c20-14-2-5-16(6-3-14)24-7-9-25(10-8-24)19(27)18(26)22-15-4-1-13-12-21-23-17(13)11-15/h1-6,11H,7-10,12H2,(H,22,26). The smallest absolute Gasteiger partial charge is 0.313 e. The molecule has 0 unspecified atom stereocenters. The first-order chi connectivity index (χ1) is 13.1. The summed E-state index contributed by atoms with van der Waals surface area (Å²) in [7, 11) is 0. The SMILES string of the molecule is O=C(Nc1ccc2c(c1)N=NC2)C(=O)N1CCN(c2ccc(Cl)cc2)CC1. The van der Waals surface area contributed by atoms with Gasteiger partial charge in [0, 0.05) is 48.1 Å². The van der Waals surface area contributed by atoms with Crippen molar-refractivity contribution in [2.75, 3.05) is 36.4 Å².